The van der Waals surface area contributed by atoms with Crippen LogP contribution in [0.15, 0.2) is 77.3 Å². The molecule has 0 saturated carbocycles. The molecule has 0 saturated heterocycles. The Bertz CT molecular complexity index is 1010. The molecule has 5 nitrogen and oxygen atoms in total. The number of allylic oxidation sites excluding steroid dienone is 3. The first-order valence-corrected chi connectivity index (χ1v) is 9.30. The molecule has 1 heterocycles. The predicted molar refractivity (Wildman–Crippen MR) is 107 cm³/mol. The monoisotopic (exact) mass is 371 g/mol. The average Bonchev–Trinajstić information content (AvgIpc) is 2.74. The first-order chi connectivity index (χ1) is 13.7. The van der Waals surface area contributed by atoms with Gasteiger partial charge in [-0.15, -0.1) is 0 Å². The van der Waals surface area contributed by atoms with E-state index in [0.717, 1.165) is 35.5 Å². The van der Waals surface area contributed by atoms with E-state index in [-0.39, 0.29) is 5.78 Å². The number of carbonyl (C=O) groups excluding carboxylic acids is 1. The van der Waals surface area contributed by atoms with Crippen molar-refractivity contribution in [3.63, 3.8) is 0 Å². The number of nitrogens with two attached hydrogens (primary N) is 1. The van der Waals surface area contributed by atoms with Gasteiger partial charge >= 0.3 is 0 Å². The molecule has 0 radical (unpaired) electrons. The predicted octanol–water partition coefficient (Wildman–Crippen LogP) is 4.00. The minimum atomic E-state index is -0.446. The number of ketones is 1. The van der Waals surface area contributed by atoms with Crippen molar-refractivity contribution in [2.24, 2.45) is 5.73 Å². The minimum Gasteiger partial charge on any atom is -0.497 e. The Hall–Kier alpha value is -3.52. The maximum absolute atomic E-state index is 13.0. The fraction of sp³-hybridized carbons (Fsp3) is 0.217. The summed E-state index contributed by atoms with van der Waals surface area (Å²) in [4.78, 5) is 14.9. The van der Waals surface area contributed by atoms with Crippen LogP contribution < -0.4 is 15.4 Å². The lowest BCUT2D eigenvalue weighted by atomic mass is 9.75. The van der Waals surface area contributed by atoms with Crippen molar-refractivity contribution in [1.29, 1.82) is 5.26 Å². The van der Waals surface area contributed by atoms with Crippen LogP contribution >= 0.6 is 0 Å². The summed E-state index contributed by atoms with van der Waals surface area (Å²) in [5, 5.41) is 9.96. The van der Waals surface area contributed by atoms with Crippen LogP contribution in [0, 0.1) is 11.3 Å². The van der Waals surface area contributed by atoms with Gasteiger partial charge < -0.3 is 10.5 Å². The topological polar surface area (TPSA) is 79.3 Å². The summed E-state index contributed by atoms with van der Waals surface area (Å²) in [7, 11) is 1.61. The molecule has 28 heavy (non-hydrogen) atoms. The standard InChI is InChI=1S/C23H21N3O2/c1-28-17-12-10-15(11-13-17)21-18(14-24)23(25)26(16-6-3-2-4-7-16)19-8-5-9-20(27)22(19)21/h2-4,6-7,10-13,21H,5,8-9,25H2,1H3/t21-/m0/s1. The summed E-state index contributed by atoms with van der Waals surface area (Å²) in [6, 6.07) is 19.4. The maximum Gasteiger partial charge on any atom is 0.161 e. The van der Waals surface area contributed by atoms with Gasteiger partial charge in [-0.3, -0.25) is 9.69 Å². The van der Waals surface area contributed by atoms with Crippen LogP contribution in [-0.4, -0.2) is 12.9 Å². The number of Topliss-reactive ketones (excluding diaryl/α,β-unsaturated/α-hetero) is 1. The van der Waals surface area contributed by atoms with Gasteiger partial charge in [0.1, 0.15) is 11.6 Å². The Kier molecular flexibility index (Phi) is 4.62. The SMILES string of the molecule is COc1ccc([C@H]2C(C#N)=C(N)N(c3ccccc3)C3=C2C(=O)CCC3)cc1. The van der Waals surface area contributed by atoms with E-state index in [1.54, 1.807) is 7.11 Å². The van der Waals surface area contributed by atoms with Gasteiger partial charge in [-0.1, -0.05) is 30.3 Å². The number of benzene rings is 2. The molecule has 0 bridgehead atoms. The third kappa shape index (κ3) is 2.84. The van der Waals surface area contributed by atoms with Gasteiger partial charge in [0, 0.05) is 23.4 Å². The zero-order valence-electron chi connectivity index (χ0n) is 15.7. The van der Waals surface area contributed by atoms with E-state index in [4.69, 9.17) is 10.5 Å². The van der Waals surface area contributed by atoms with Crippen molar-refractivity contribution in [3.8, 4) is 11.8 Å². The average molecular weight is 371 g/mol. The molecule has 1 aliphatic carbocycles. The fourth-order valence-corrected chi connectivity index (χ4v) is 4.09. The number of para-hydroxylation sites is 1. The molecule has 2 aromatic rings. The van der Waals surface area contributed by atoms with Crippen LogP contribution in [0.4, 0.5) is 5.69 Å². The molecular weight excluding hydrogens is 350 g/mol. The Morgan fingerprint density at radius 3 is 2.46 bits per heavy atom. The summed E-state index contributed by atoms with van der Waals surface area (Å²) < 4.78 is 5.24. The fourth-order valence-electron chi connectivity index (χ4n) is 4.09. The number of hydrogen-bond acceptors (Lipinski definition) is 5. The van der Waals surface area contributed by atoms with Crippen LogP contribution in [-0.2, 0) is 4.79 Å². The number of rotatable bonds is 3. The second kappa shape index (κ2) is 7.24. The number of ether oxygens (including phenoxy) is 1. The zero-order chi connectivity index (χ0) is 19.7. The molecule has 4 rings (SSSR count). The van der Waals surface area contributed by atoms with E-state index in [0.29, 0.717) is 23.4 Å². The van der Waals surface area contributed by atoms with Gasteiger partial charge in [-0.25, -0.2) is 0 Å². The van der Waals surface area contributed by atoms with Crippen LogP contribution in [0.3, 0.4) is 0 Å². The molecule has 2 aliphatic rings. The molecule has 2 N–H and O–H groups in total. The summed E-state index contributed by atoms with van der Waals surface area (Å²) in [6.07, 6.45) is 2.03. The van der Waals surface area contributed by atoms with Gasteiger partial charge in [0.15, 0.2) is 5.78 Å². The van der Waals surface area contributed by atoms with Crippen molar-refractivity contribution >= 4 is 11.5 Å². The number of nitrogens with zero attached hydrogens (tertiary/aromatic N) is 2. The van der Waals surface area contributed by atoms with E-state index in [2.05, 4.69) is 6.07 Å². The van der Waals surface area contributed by atoms with E-state index in [9.17, 15) is 10.1 Å². The normalized spacial score (nSPS) is 19.4. The molecule has 1 atom stereocenters. The highest BCUT2D eigenvalue weighted by Gasteiger charge is 2.40. The summed E-state index contributed by atoms with van der Waals surface area (Å²) in [5.41, 5.74) is 10.2. The van der Waals surface area contributed by atoms with Crippen molar-refractivity contribution in [1.82, 2.24) is 0 Å². The van der Waals surface area contributed by atoms with Crippen LogP contribution in [0.2, 0.25) is 0 Å². The Balaban J connectivity index is 1.93. The number of carbonyl (C=O) groups is 1. The number of nitriles is 1. The van der Waals surface area contributed by atoms with Gasteiger partial charge in [0.2, 0.25) is 0 Å². The molecular formula is C23H21N3O2. The van der Waals surface area contributed by atoms with Crippen LogP contribution in [0.1, 0.15) is 30.7 Å². The van der Waals surface area contributed by atoms with Crippen LogP contribution in [0.25, 0.3) is 0 Å². The quantitative estimate of drug-likeness (QED) is 0.882. The van der Waals surface area contributed by atoms with E-state index in [1.807, 2.05) is 59.5 Å². The number of methoxy groups -OCH3 is 1. The number of anilines is 1. The first kappa shape index (κ1) is 17.9. The van der Waals surface area contributed by atoms with E-state index in [1.165, 1.54) is 0 Å². The van der Waals surface area contributed by atoms with Crippen molar-refractivity contribution in [3.05, 3.63) is 82.8 Å². The smallest absolute Gasteiger partial charge is 0.161 e. The highest BCUT2D eigenvalue weighted by atomic mass is 16.5. The van der Waals surface area contributed by atoms with Gasteiger partial charge in [-0.05, 0) is 42.7 Å². The van der Waals surface area contributed by atoms with Gasteiger partial charge in [-0.2, -0.15) is 5.26 Å². The Morgan fingerprint density at radius 2 is 1.82 bits per heavy atom. The first-order valence-electron chi connectivity index (χ1n) is 9.30. The molecule has 5 heteroatoms. The Morgan fingerprint density at radius 1 is 1.11 bits per heavy atom. The third-order valence-electron chi connectivity index (χ3n) is 5.38. The van der Waals surface area contributed by atoms with E-state index < -0.39 is 5.92 Å². The molecule has 0 fully saturated rings. The van der Waals surface area contributed by atoms with Crippen molar-refractivity contribution < 1.29 is 9.53 Å². The maximum atomic E-state index is 13.0. The van der Waals surface area contributed by atoms with E-state index >= 15 is 0 Å². The summed E-state index contributed by atoms with van der Waals surface area (Å²) in [6.45, 7) is 0. The number of hydrogen-bond donors (Lipinski definition) is 1. The molecule has 2 aromatic carbocycles. The highest BCUT2D eigenvalue weighted by Crippen LogP contribution is 2.46. The minimum absolute atomic E-state index is 0.0863. The molecule has 0 amide bonds. The zero-order valence-corrected chi connectivity index (χ0v) is 15.7. The summed E-state index contributed by atoms with van der Waals surface area (Å²) in [5.74, 6) is 0.759. The molecule has 1 aliphatic heterocycles. The lowest BCUT2D eigenvalue weighted by Gasteiger charge is -2.39. The second-order valence-electron chi connectivity index (χ2n) is 6.92. The lowest BCUT2D eigenvalue weighted by Crippen LogP contribution is -2.38. The Labute approximate surface area is 164 Å². The molecule has 0 aromatic heterocycles. The molecule has 0 unspecified atom stereocenters. The van der Waals surface area contributed by atoms with Gasteiger partial charge in [0.05, 0.1) is 24.7 Å². The van der Waals surface area contributed by atoms with Crippen LogP contribution in [0.5, 0.6) is 5.75 Å². The second-order valence-corrected chi connectivity index (χ2v) is 6.92. The van der Waals surface area contributed by atoms with Gasteiger partial charge in [0.25, 0.3) is 0 Å². The summed E-state index contributed by atoms with van der Waals surface area (Å²) >= 11 is 0. The van der Waals surface area contributed by atoms with Crippen molar-refractivity contribution in [2.75, 3.05) is 12.0 Å². The largest absolute Gasteiger partial charge is 0.497 e. The molecule has 0 spiro atoms. The molecule has 140 valence electrons. The third-order valence-corrected chi connectivity index (χ3v) is 5.38. The van der Waals surface area contributed by atoms with Crippen molar-refractivity contribution in [2.45, 2.75) is 25.2 Å². The highest BCUT2D eigenvalue weighted by molar-refractivity contribution is 6.01. The lowest BCUT2D eigenvalue weighted by molar-refractivity contribution is -0.116.